The molecular weight excluding hydrogens is 955 g/mol. The highest BCUT2D eigenvalue weighted by atomic mass is 32.2. The fraction of sp³-hybridized carbons (Fsp3) is 0.694. The van der Waals surface area contributed by atoms with Crippen molar-refractivity contribution in [1.29, 1.82) is 0 Å². The molecule has 1 aromatic carbocycles. The first-order valence-electron chi connectivity index (χ1n) is 24.4. The highest BCUT2D eigenvalue weighted by molar-refractivity contribution is 7.98. The van der Waals surface area contributed by atoms with Crippen LogP contribution in [0.25, 0.3) is 0 Å². The van der Waals surface area contributed by atoms with Crippen LogP contribution in [0.1, 0.15) is 114 Å². The second kappa shape index (κ2) is 32.1. The fourth-order valence-corrected chi connectivity index (χ4v) is 8.02. The predicted molar refractivity (Wildman–Crippen MR) is 278 cm³/mol. The van der Waals surface area contributed by atoms with E-state index in [0.29, 0.717) is 17.7 Å². The molecule has 0 aliphatic carbocycles. The molecule has 0 unspecified atom stereocenters. The molecule has 9 atom stereocenters. The van der Waals surface area contributed by atoms with Crippen LogP contribution in [-0.4, -0.2) is 136 Å². The van der Waals surface area contributed by atoms with Crippen LogP contribution in [0.4, 0.5) is 0 Å². The molecule has 0 spiro atoms. The number of thiol groups is 1. The van der Waals surface area contributed by atoms with Crippen LogP contribution in [0.15, 0.2) is 24.3 Å². The molecule has 0 bridgehead atoms. The summed E-state index contributed by atoms with van der Waals surface area (Å²) < 4.78 is 0. The summed E-state index contributed by atoms with van der Waals surface area (Å²) >= 11 is 5.76. The average molecular weight is 1040 g/mol. The minimum Gasteiger partial charge on any atom is -0.508 e. The number of hydrogen-bond donors (Lipinski definition) is 12. The summed E-state index contributed by atoms with van der Waals surface area (Å²) in [5.41, 5.74) is 6.59. The third-order valence-corrected chi connectivity index (χ3v) is 12.1. The summed E-state index contributed by atoms with van der Waals surface area (Å²) in [5.74, 6) is -7.24. The Bertz CT molecular complexity index is 1920. The standard InChI is InChI=1S/C49H83N9O11S2/c1-25(2)19-34(53-44(63)35(20-26(3)4)52-42(61)33(50)17-18-71-12)43(62)51-30(11)41(60)58-40(29(9)10)48(67)55-36(21-27(5)6)45(64)54-37(23-31-13-15-32(59)16-14-31)46(65)57-39(24-70)47(66)56-38(49(68)69)22-28(7)8/h13-16,25-30,33-40,59,70H,17-24,50H2,1-12H3,(H,51,62)(H,52,61)(H,53,63)(H,54,64)(H,55,67)(H,56,66)(H,57,65)(H,58,60)(H,68,69)/t30-,33-,34-,35-,36-,37-,38-,39-,40-/m0/s1. The van der Waals surface area contributed by atoms with Crippen molar-refractivity contribution in [2.45, 2.75) is 169 Å². The van der Waals surface area contributed by atoms with E-state index in [-0.39, 0.29) is 67.3 Å². The maximum absolute atomic E-state index is 14.2. The van der Waals surface area contributed by atoms with Crippen molar-refractivity contribution in [3.63, 3.8) is 0 Å². The molecule has 1 rings (SSSR count). The number of thioether (sulfide) groups is 1. The van der Waals surface area contributed by atoms with Gasteiger partial charge in [0.05, 0.1) is 6.04 Å². The number of phenolic OH excluding ortho intramolecular Hbond substituents is 1. The fourth-order valence-electron chi connectivity index (χ4n) is 7.27. The molecule has 0 aromatic heterocycles. The van der Waals surface area contributed by atoms with Gasteiger partial charge >= 0.3 is 5.97 Å². The van der Waals surface area contributed by atoms with Crippen LogP contribution in [0.2, 0.25) is 0 Å². The summed E-state index contributed by atoms with van der Waals surface area (Å²) in [6.07, 6.45) is 2.90. The number of carbonyl (C=O) groups is 9. The van der Waals surface area contributed by atoms with Gasteiger partial charge in [0.25, 0.3) is 0 Å². The van der Waals surface area contributed by atoms with E-state index in [2.05, 4.69) is 55.2 Å². The Labute approximate surface area is 429 Å². The topological polar surface area (TPSA) is 316 Å². The number of rotatable bonds is 32. The Morgan fingerprint density at radius 3 is 1.34 bits per heavy atom. The lowest BCUT2D eigenvalue weighted by Crippen LogP contribution is -2.61. The number of aromatic hydroxyl groups is 1. The minimum atomic E-state index is -1.35. The summed E-state index contributed by atoms with van der Waals surface area (Å²) in [6.45, 7) is 19.5. The number of carbonyl (C=O) groups excluding carboxylic acids is 8. The van der Waals surface area contributed by atoms with Gasteiger partial charge in [-0.05, 0) is 98.3 Å². The Balaban J connectivity index is 3.33. The van der Waals surface area contributed by atoms with E-state index >= 15 is 0 Å². The van der Waals surface area contributed by atoms with Gasteiger partial charge in [-0.25, -0.2) is 4.79 Å². The second-order valence-electron chi connectivity index (χ2n) is 20.1. The average Bonchev–Trinajstić information content (AvgIpc) is 3.27. The van der Waals surface area contributed by atoms with E-state index in [4.69, 9.17) is 5.73 Å². The van der Waals surface area contributed by atoms with Crippen molar-refractivity contribution in [2.75, 3.05) is 17.8 Å². The smallest absolute Gasteiger partial charge is 0.326 e. The minimum absolute atomic E-state index is 0.00473. The Morgan fingerprint density at radius 2 is 0.901 bits per heavy atom. The molecule has 0 saturated heterocycles. The number of benzene rings is 1. The van der Waals surface area contributed by atoms with E-state index < -0.39 is 114 Å². The zero-order valence-corrected chi connectivity index (χ0v) is 45.3. The molecular formula is C49H83N9O11S2. The van der Waals surface area contributed by atoms with Gasteiger partial charge in [0, 0.05) is 12.2 Å². The molecule has 402 valence electrons. The van der Waals surface area contributed by atoms with E-state index in [1.54, 1.807) is 51.6 Å². The van der Waals surface area contributed by atoms with Gasteiger partial charge in [0.15, 0.2) is 0 Å². The lowest BCUT2D eigenvalue weighted by Gasteiger charge is -2.29. The quantitative estimate of drug-likeness (QED) is 0.0459. The molecule has 71 heavy (non-hydrogen) atoms. The SMILES string of the molecule is CSCC[C@H](N)C(=O)N[C@@H](CC(C)C)C(=O)N[C@@H](CC(C)C)C(=O)N[C@@H](C)C(=O)N[C@H](C(=O)N[C@@H](CC(C)C)C(=O)N[C@@H](Cc1ccc(O)cc1)C(=O)N[C@@H](CS)C(=O)N[C@@H](CC(C)C)C(=O)O)C(C)C. The van der Waals surface area contributed by atoms with Gasteiger partial charge in [0.2, 0.25) is 47.3 Å². The largest absolute Gasteiger partial charge is 0.508 e. The second-order valence-corrected chi connectivity index (χ2v) is 21.5. The van der Waals surface area contributed by atoms with Gasteiger partial charge < -0.3 is 58.5 Å². The summed E-state index contributed by atoms with van der Waals surface area (Å²) in [7, 11) is 0. The zero-order chi connectivity index (χ0) is 54.3. The van der Waals surface area contributed by atoms with E-state index in [0.717, 1.165) is 0 Å². The lowest BCUT2D eigenvalue weighted by atomic mass is 9.98. The third kappa shape index (κ3) is 24.3. The molecule has 0 saturated carbocycles. The van der Waals surface area contributed by atoms with E-state index in [1.165, 1.54) is 19.1 Å². The van der Waals surface area contributed by atoms with Crippen molar-refractivity contribution < 1.29 is 53.4 Å². The molecule has 0 aliphatic rings. The van der Waals surface area contributed by atoms with Gasteiger partial charge in [-0.2, -0.15) is 24.4 Å². The van der Waals surface area contributed by atoms with Crippen LogP contribution in [-0.2, 0) is 49.6 Å². The maximum Gasteiger partial charge on any atom is 0.326 e. The van der Waals surface area contributed by atoms with E-state index in [1.807, 2.05) is 47.8 Å². The van der Waals surface area contributed by atoms with Crippen molar-refractivity contribution in [2.24, 2.45) is 35.3 Å². The summed E-state index contributed by atoms with van der Waals surface area (Å²) in [4.78, 5) is 121. The number of hydrogen-bond acceptors (Lipinski definition) is 13. The van der Waals surface area contributed by atoms with Crippen LogP contribution < -0.4 is 48.3 Å². The number of phenols is 1. The number of carboxylic acids is 1. The third-order valence-electron chi connectivity index (χ3n) is 11.1. The first-order valence-corrected chi connectivity index (χ1v) is 26.4. The van der Waals surface area contributed by atoms with Gasteiger partial charge in [0.1, 0.15) is 54.1 Å². The van der Waals surface area contributed by atoms with Crippen LogP contribution in [0, 0.1) is 29.6 Å². The molecule has 8 amide bonds. The monoisotopic (exact) mass is 1040 g/mol. The van der Waals surface area contributed by atoms with Crippen LogP contribution in [0.3, 0.4) is 0 Å². The summed E-state index contributed by atoms with van der Waals surface area (Å²) in [6, 6.07) is -4.54. The molecule has 0 fully saturated rings. The summed E-state index contributed by atoms with van der Waals surface area (Å²) in [5, 5.41) is 40.8. The molecule has 1 aromatic rings. The highest BCUT2D eigenvalue weighted by Gasteiger charge is 2.35. The first-order chi connectivity index (χ1) is 33.1. The van der Waals surface area contributed by atoms with Gasteiger partial charge in [-0.15, -0.1) is 0 Å². The van der Waals surface area contributed by atoms with E-state index in [9.17, 15) is 53.4 Å². The van der Waals surface area contributed by atoms with Gasteiger partial charge in [-0.3, -0.25) is 38.4 Å². The molecule has 0 aliphatic heterocycles. The maximum atomic E-state index is 14.2. The molecule has 0 radical (unpaired) electrons. The highest BCUT2D eigenvalue weighted by Crippen LogP contribution is 2.15. The van der Waals surface area contributed by atoms with Crippen LogP contribution in [0.5, 0.6) is 5.75 Å². The normalized spacial score (nSPS) is 15.3. The number of nitrogens with one attached hydrogen (secondary N) is 8. The van der Waals surface area contributed by atoms with Crippen molar-refractivity contribution >= 4 is 77.6 Å². The van der Waals surface area contributed by atoms with Crippen molar-refractivity contribution in [3.05, 3.63) is 29.8 Å². The Hall–Kier alpha value is -5.09. The molecule has 0 heterocycles. The van der Waals surface area contributed by atoms with Gasteiger partial charge in [-0.1, -0.05) is 81.4 Å². The predicted octanol–water partition coefficient (Wildman–Crippen LogP) is 1.77. The number of nitrogens with two attached hydrogens (primary N) is 1. The molecule has 12 N–H and O–H groups in total. The molecule has 22 heteroatoms. The van der Waals surface area contributed by atoms with Crippen molar-refractivity contribution in [3.8, 4) is 5.75 Å². The Kier molecular flexibility index (Phi) is 28.9. The van der Waals surface area contributed by atoms with Crippen LogP contribution >= 0.6 is 24.4 Å². The number of aliphatic carboxylic acids is 1. The zero-order valence-electron chi connectivity index (χ0n) is 43.6. The molecule has 20 nitrogen and oxygen atoms in total. The lowest BCUT2D eigenvalue weighted by molar-refractivity contribution is -0.142. The number of amides is 8. The first kappa shape index (κ1) is 63.9. The Morgan fingerprint density at radius 1 is 0.521 bits per heavy atom. The van der Waals surface area contributed by atoms with Crippen molar-refractivity contribution in [1.82, 2.24) is 42.5 Å². The number of carboxylic acid groups (broad SMARTS) is 1.